The molecule has 0 unspecified atom stereocenters. The molecular weight excluding hydrogens is 436 g/mol. The number of hydrogen-bond donors (Lipinski definition) is 0. The fourth-order valence-electron chi connectivity index (χ4n) is 0.769. The van der Waals surface area contributed by atoms with Crippen LogP contribution in [0.3, 0.4) is 0 Å². The molecule has 0 aliphatic carbocycles. The first-order chi connectivity index (χ1) is 8.06. The van der Waals surface area contributed by atoms with Crippen molar-refractivity contribution in [3.05, 3.63) is 9.47 Å². The lowest BCUT2D eigenvalue weighted by Gasteiger charge is -1.94. The van der Waals surface area contributed by atoms with Gasteiger partial charge in [-0.05, 0) is 54.9 Å². The van der Waals surface area contributed by atoms with Crippen LogP contribution >= 0.6 is 54.9 Å². The molecule has 0 saturated carbocycles. The molecule has 2 heterocycles. The molecule has 0 aliphatic heterocycles. The fraction of sp³-hybridized carbons (Fsp3) is 0.200. The molecule has 0 saturated heterocycles. The van der Waals surface area contributed by atoms with Crippen LogP contribution in [0.2, 0.25) is 0 Å². The highest BCUT2D eigenvalue weighted by Crippen LogP contribution is 2.18. The van der Waals surface area contributed by atoms with Crippen LogP contribution in [0.1, 0.15) is 0 Å². The number of aromatic nitrogens is 4. The van der Waals surface area contributed by atoms with Crippen molar-refractivity contribution in [1.82, 2.24) is 18.7 Å². The third-order valence-electron chi connectivity index (χ3n) is 1.37. The molecule has 0 fully saturated rings. The van der Waals surface area contributed by atoms with Crippen LogP contribution in [0.15, 0.2) is 18.1 Å². The van der Waals surface area contributed by atoms with Crippen molar-refractivity contribution in [3.63, 3.8) is 0 Å². The van der Waals surface area contributed by atoms with Crippen LogP contribution in [-0.4, -0.2) is 32.2 Å². The molecule has 2 aromatic heterocycles. The average Bonchev–Trinajstić information content (AvgIpc) is 2.87. The van der Waals surface area contributed by atoms with Gasteiger partial charge in [-0.25, -0.2) is 0 Å². The molecule has 6 nitrogen and oxygen atoms in total. The molecule has 0 N–H and O–H groups in total. The Morgan fingerprint density at radius 1 is 0.941 bits per heavy atom. The van der Waals surface area contributed by atoms with Crippen LogP contribution in [-0.2, 0) is 21.6 Å². The third-order valence-corrected chi connectivity index (χ3v) is 7.81. The Morgan fingerprint density at radius 3 is 1.65 bits per heavy atom. The molecular formula is C5H2Br2N4O2S4. The highest BCUT2D eigenvalue weighted by atomic mass is 79.9. The van der Waals surface area contributed by atoms with Crippen LogP contribution in [0, 0.1) is 0 Å². The number of hydrogen-bond acceptors (Lipinski definition) is 8. The van der Waals surface area contributed by atoms with Crippen LogP contribution in [0.5, 0.6) is 0 Å². The first-order valence-corrected chi connectivity index (χ1v) is 9.58. The first kappa shape index (κ1) is 13.8. The third kappa shape index (κ3) is 3.67. The fourth-order valence-corrected chi connectivity index (χ4v) is 6.39. The summed E-state index contributed by atoms with van der Waals surface area (Å²) in [6.07, 6.45) is 0. The lowest BCUT2D eigenvalue weighted by atomic mass is 11.3. The van der Waals surface area contributed by atoms with E-state index >= 15 is 0 Å². The molecule has 0 spiro atoms. The standard InChI is InChI=1S/C5H2Br2N4O2S4/c6-2-8-4(14-10-2)16(12)1-17(13)5-9-3(7)11-15-5/h1H2/t16-,17+. The van der Waals surface area contributed by atoms with Gasteiger partial charge < -0.3 is 0 Å². The van der Waals surface area contributed by atoms with Crippen molar-refractivity contribution in [2.45, 2.75) is 8.68 Å². The van der Waals surface area contributed by atoms with Gasteiger partial charge in [-0.1, -0.05) is 0 Å². The maximum atomic E-state index is 11.8. The van der Waals surface area contributed by atoms with E-state index in [4.69, 9.17) is 0 Å². The van der Waals surface area contributed by atoms with Crippen molar-refractivity contribution < 1.29 is 8.42 Å². The molecule has 2 rings (SSSR count). The molecule has 17 heavy (non-hydrogen) atoms. The molecule has 0 radical (unpaired) electrons. The van der Waals surface area contributed by atoms with E-state index in [2.05, 4.69) is 50.6 Å². The van der Waals surface area contributed by atoms with E-state index in [1.54, 1.807) is 0 Å². The Bertz CT molecular complexity index is 534. The second-order valence-corrected chi connectivity index (χ2v) is 9.00. The van der Waals surface area contributed by atoms with Gasteiger partial charge in [0.2, 0.25) is 18.1 Å². The van der Waals surface area contributed by atoms with Gasteiger partial charge in [0.25, 0.3) is 0 Å². The molecule has 2 aromatic rings. The first-order valence-electron chi connectivity index (χ1n) is 3.81. The predicted molar refractivity (Wildman–Crippen MR) is 72.9 cm³/mol. The van der Waals surface area contributed by atoms with E-state index in [1.165, 1.54) is 0 Å². The van der Waals surface area contributed by atoms with Crippen molar-refractivity contribution in [2.24, 2.45) is 0 Å². The molecule has 0 amide bonds. The zero-order chi connectivity index (χ0) is 12.4. The highest BCUT2D eigenvalue weighted by molar-refractivity contribution is 9.10. The van der Waals surface area contributed by atoms with Crippen molar-refractivity contribution in [3.8, 4) is 0 Å². The minimum atomic E-state index is -1.45. The van der Waals surface area contributed by atoms with Gasteiger partial charge in [-0.2, -0.15) is 18.7 Å². The Labute approximate surface area is 126 Å². The maximum Gasteiger partial charge on any atom is 0.210 e. The van der Waals surface area contributed by atoms with Gasteiger partial charge in [0.15, 0.2) is 0 Å². The molecule has 0 aromatic carbocycles. The van der Waals surface area contributed by atoms with Crippen molar-refractivity contribution >= 4 is 76.5 Å². The summed E-state index contributed by atoms with van der Waals surface area (Å²) in [5.41, 5.74) is 0. The second kappa shape index (κ2) is 6.02. The SMILES string of the molecule is O=[S@](C[S@](=O)c1nc(Br)ns1)c1nc(Br)ns1. The largest absolute Gasteiger partial charge is 0.251 e. The summed E-state index contributed by atoms with van der Waals surface area (Å²) in [4.78, 5) is 7.82. The lowest BCUT2D eigenvalue weighted by molar-refractivity contribution is 0.678. The van der Waals surface area contributed by atoms with Crippen molar-refractivity contribution in [2.75, 3.05) is 5.08 Å². The summed E-state index contributed by atoms with van der Waals surface area (Å²) < 4.78 is 32.7. The number of halogens is 2. The summed E-state index contributed by atoms with van der Waals surface area (Å²) in [5.74, 6) is 0. The van der Waals surface area contributed by atoms with E-state index < -0.39 is 21.6 Å². The van der Waals surface area contributed by atoms with Gasteiger partial charge in [0.05, 0.1) is 21.6 Å². The van der Waals surface area contributed by atoms with E-state index in [0.717, 1.165) is 23.1 Å². The van der Waals surface area contributed by atoms with Gasteiger partial charge in [0, 0.05) is 0 Å². The van der Waals surface area contributed by atoms with Crippen LogP contribution in [0.25, 0.3) is 0 Å². The molecule has 92 valence electrons. The minimum Gasteiger partial charge on any atom is -0.251 e. The van der Waals surface area contributed by atoms with E-state index in [-0.39, 0.29) is 5.08 Å². The predicted octanol–water partition coefficient (Wildman–Crippen LogP) is 1.79. The van der Waals surface area contributed by atoms with E-state index in [0.29, 0.717) is 18.1 Å². The summed E-state index contributed by atoms with van der Waals surface area (Å²) >= 11 is 8.16. The monoisotopic (exact) mass is 436 g/mol. The van der Waals surface area contributed by atoms with E-state index in [1.807, 2.05) is 0 Å². The van der Waals surface area contributed by atoms with Crippen LogP contribution < -0.4 is 0 Å². The van der Waals surface area contributed by atoms with Gasteiger partial charge in [-0.3, -0.25) is 8.42 Å². The minimum absolute atomic E-state index is 0.0523. The molecule has 0 aliphatic rings. The molecule has 0 bridgehead atoms. The smallest absolute Gasteiger partial charge is 0.210 e. The zero-order valence-electron chi connectivity index (χ0n) is 7.70. The maximum absolute atomic E-state index is 11.8. The van der Waals surface area contributed by atoms with Gasteiger partial charge in [0.1, 0.15) is 5.08 Å². The summed E-state index contributed by atoms with van der Waals surface area (Å²) in [6.45, 7) is 0. The topological polar surface area (TPSA) is 85.7 Å². The Morgan fingerprint density at radius 2 is 1.35 bits per heavy atom. The summed E-state index contributed by atoms with van der Waals surface area (Å²) in [6, 6.07) is 0. The van der Waals surface area contributed by atoms with Gasteiger partial charge >= 0.3 is 0 Å². The summed E-state index contributed by atoms with van der Waals surface area (Å²) in [5, 5.41) is -0.0523. The average molecular weight is 438 g/mol. The highest BCUT2D eigenvalue weighted by Gasteiger charge is 2.17. The van der Waals surface area contributed by atoms with Crippen molar-refractivity contribution in [1.29, 1.82) is 0 Å². The molecule has 12 heteroatoms. The van der Waals surface area contributed by atoms with Crippen LogP contribution in [0.4, 0.5) is 0 Å². The summed E-state index contributed by atoms with van der Waals surface area (Å²) in [7, 11) is -2.89. The Hall–Kier alpha value is 0.380. The second-order valence-electron chi connectivity index (χ2n) is 2.47. The quantitative estimate of drug-likeness (QED) is 0.724. The zero-order valence-corrected chi connectivity index (χ0v) is 14.1. The van der Waals surface area contributed by atoms with Gasteiger partial charge in [-0.15, -0.1) is 0 Å². The molecule has 2 atom stereocenters. The normalized spacial score (nSPS) is 14.7. The number of nitrogens with zero attached hydrogens (tertiary/aromatic N) is 4. The lowest BCUT2D eigenvalue weighted by Crippen LogP contribution is -2.05. The van der Waals surface area contributed by atoms with E-state index in [9.17, 15) is 8.42 Å². The Balaban J connectivity index is 2.07. The Kier molecular flexibility index (Phi) is 4.88. The number of rotatable bonds is 4.